The Morgan fingerprint density at radius 3 is 2.46 bits per heavy atom. The fourth-order valence-corrected chi connectivity index (χ4v) is 2.95. The Kier molecular flexibility index (Phi) is 5.16. The van der Waals surface area contributed by atoms with Crippen LogP contribution in [-0.4, -0.2) is 17.6 Å². The second-order valence-electron chi connectivity index (χ2n) is 6.72. The van der Waals surface area contributed by atoms with Crippen LogP contribution in [0, 0.1) is 18.8 Å². The van der Waals surface area contributed by atoms with Crippen LogP contribution in [0.5, 0.6) is 0 Å². The van der Waals surface area contributed by atoms with E-state index in [0.29, 0.717) is 24.2 Å². The van der Waals surface area contributed by atoms with Crippen LogP contribution < -0.4 is 10.6 Å². The molecule has 134 valence electrons. The zero-order valence-electron chi connectivity index (χ0n) is 14.9. The first-order valence-electron chi connectivity index (χ1n) is 8.70. The maximum Gasteiger partial charge on any atom is 0.228 e. The minimum absolute atomic E-state index is 0.0546. The summed E-state index contributed by atoms with van der Waals surface area (Å²) in [5.74, 6) is -0.920. The molecular weight excluding hydrogens is 328 g/mol. The van der Waals surface area contributed by atoms with Crippen LogP contribution in [0.3, 0.4) is 0 Å². The van der Waals surface area contributed by atoms with E-state index in [1.54, 1.807) is 24.3 Å². The normalized spacial score (nSPS) is 18.1. The topological polar surface area (TPSA) is 75.3 Å². The molecule has 0 aliphatic heterocycles. The van der Waals surface area contributed by atoms with Gasteiger partial charge in [0, 0.05) is 17.8 Å². The van der Waals surface area contributed by atoms with Crippen molar-refractivity contribution < 1.29 is 14.4 Å². The number of aryl methyl sites for hydroxylation is 1. The van der Waals surface area contributed by atoms with E-state index in [9.17, 15) is 14.4 Å². The summed E-state index contributed by atoms with van der Waals surface area (Å²) in [6.07, 6.45) is 0.553. The van der Waals surface area contributed by atoms with E-state index in [2.05, 4.69) is 10.6 Å². The molecule has 26 heavy (non-hydrogen) atoms. The molecule has 1 fully saturated rings. The van der Waals surface area contributed by atoms with Crippen molar-refractivity contribution in [2.24, 2.45) is 11.8 Å². The van der Waals surface area contributed by atoms with Crippen LogP contribution in [0.25, 0.3) is 0 Å². The lowest BCUT2D eigenvalue weighted by molar-refractivity contribution is -0.125. The fraction of sp³-hybridized carbons (Fsp3) is 0.286. The summed E-state index contributed by atoms with van der Waals surface area (Å²) in [6, 6.07) is 14.7. The van der Waals surface area contributed by atoms with Gasteiger partial charge in [0.05, 0.1) is 11.8 Å². The molecule has 0 spiro atoms. The van der Waals surface area contributed by atoms with Gasteiger partial charge in [0.15, 0.2) is 5.78 Å². The minimum atomic E-state index is -0.312. The highest BCUT2D eigenvalue weighted by molar-refractivity contribution is 6.01. The molecule has 2 amide bonds. The molecule has 0 radical (unpaired) electrons. The van der Waals surface area contributed by atoms with Crippen molar-refractivity contribution >= 4 is 23.3 Å². The van der Waals surface area contributed by atoms with E-state index in [-0.39, 0.29) is 29.4 Å². The molecule has 0 heterocycles. The molecule has 1 aliphatic carbocycles. The number of rotatable bonds is 6. The summed E-state index contributed by atoms with van der Waals surface area (Å²) in [5.41, 5.74) is 3.33. The lowest BCUT2D eigenvalue weighted by atomic mass is 10.1. The smallest absolute Gasteiger partial charge is 0.228 e. The molecule has 2 aromatic carbocycles. The molecule has 2 aromatic rings. The number of benzene rings is 2. The summed E-state index contributed by atoms with van der Waals surface area (Å²) < 4.78 is 0. The lowest BCUT2D eigenvalue weighted by Crippen LogP contribution is -2.27. The molecule has 1 saturated carbocycles. The van der Waals surface area contributed by atoms with Gasteiger partial charge in [0.25, 0.3) is 0 Å². The van der Waals surface area contributed by atoms with Crippen LogP contribution in [0.15, 0.2) is 48.5 Å². The highest BCUT2D eigenvalue weighted by Gasteiger charge is 2.47. The summed E-state index contributed by atoms with van der Waals surface area (Å²) >= 11 is 0. The zero-order valence-corrected chi connectivity index (χ0v) is 14.9. The number of Topliss-reactive ketones (excluding diaryl/α,β-unsaturated/α-hetero) is 1. The third-order valence-corrected chi connectivity index (χ3v) is 4.71. The van der Waals surface area contributed by atoms with Gasteiger partial charge in [-0.15, -0.1) is 0 Å². The van der Waals surface area contributed by atoms with Crippen molar-refractivity contribution in [3.05, 3.63) is 65.2 Å². The second kappa shape index (κ2) is 7.52. The van der Waals surface area contributed by atoms with E-state index in [1.807, 2.05) is 31.2 Å². The molecular formula is C21H22N2O3. The first-order valence-corrected chi connectivity index (χ1v) is 8.70. The van der Waals surface area contributed by atoms with Crippen molar-refractivity contribution in [1.29, 1.82) is 0 Å². The molecule has 0 saturated heterocycles. The Hall–Kier alpha value is -2.95. The Morgan fingerprint density at radius 1 is 1.00 bits per heavy atom. The summed E-state index contributed by atoms with van der Waals surface area (Å²) in [4.78, 5) is 36.0. The summed E-state index contributed by atoms with van der Waals surface area (Å²) in [5, 5.41) is 5.71. The minimum Gasteiger partial charge on any atom is -0.352 e. The van der Waals surface area contributed by atoms with Gasteiger partial charge in [-0.1, -0.05) is 36.4 Å². The Bertz CT molecular complexity index is 860. The predicted molar refractivity (Wildman–Crippen MR) is 99.7 cm³/mol. The number of ketones is 1. The maximum absolute atomic E-state index is 12.3. The van der Waals surface area contributed by atoms with Gasteiger partial charge in [-0.25, -0.2) is 0 Å². The van der Waals surface area contributed by atoms with E-state index in [1.165, 1.54) is 6.92 Å². The van der Waals surface area contributed by atoms with Crippen LogP contribution in [0.1, 0.15) is 34.8 Å². The fourth-order valence-electron chi connectivity index (χ4n) is 2.95. The number of amides is 2. The van der Waals surface area contributed by atoms with Gasteiger partial charge >= 0.3 is 0 Å². The molecule has 5 nitrogen and oxygen atoms in total. The molecule has 3 rings (SSSR count). The number of hydrogen-bond acceptors (Lipinski definition) is 3. The van der Waals surface area contributed by atoms with Gasteiger partial charge in [0.1, 0.15) is 0 Å². The van der Waals surface area contributed by atoms with E-state index in [0.717, 1.165) is 11.1 Å². The van der Waals surface area contributed by atoms with Crippen LogP contribution in [-0.2, 0) is 16.1 Å². The van der Waals surface area contributed by atoms with Gasteiger partial charge in [-0.05, 0) is 43.5 Å². The molecule has 1 aliphatic rings. The first-order chi connectivity index (χ1) is 12.5. The molecule has 2 atom stereocenters. The maximum atomic E-state index is 12.3. The number of anilines is 1. The first kappa shape index (κ1) is 17.9. The standard InChI is InChI=1S/C21H22N2O3/c1-13-6-3-4-7-16(13)12-22-20(25)18-11-19(18)21(26)23-17-9-5-8-15(10-17)14(2)24/h3-10,18-19H,11-12H2,1-2H3,(H,22,25)(H,23,26). The van der Waals surface area contributed by atoms with E-state index < -0.39 is 0 Å². The Morgan fingerprint density at radius 2 is 1.73 bits per heavy atom. The highest BCUT2D eigenvalue weighted by Crippen LogP contribution is 2.39. The third-order valence-electron chi connectivity index (χ3n) is 4.71. The number of carbonyl (C=O) groups excluding carboxylic acids is 3. The quantitative estimate of drug-likeness (QED) is 0.786. The van der Waals surface area contributed by atoms with Crippen LogP contribution >= 0.6 is 0 Å². The number of carbonyl (C=O) groups is 3. The van der Waals surface area contributed by atoms with Gasteiger partial charge in [-0.3, -0.25) is 14.4 Å². The third kappa shape index (κ3) is 4.17. The van der Waals surface area contributed by atoms with Gasteiger partial charge in [0.2, 0.25) is 11.8 Å². The summed E-state index contributed by atoms with van der Waals surface area (Å²) in [7, 11) is 0. The van der Waals surface area contributed by atoms with Crippen molar-refractivity contribution in [3.63, 3.8) is 0 Å². The summed E-state index contributed by atoms with van der Waals surface area (Å²) in [6.45, 7) is 3.96. The van der Waals surface area contributed by atoms with Crippen molar-refractivity contribution in [2.75, 3.05) is 5.32 Å². The molecule has 2 unspecified atom stereocenters. The molecule has 5 heteroatoms. The number of hydrogen-bond donors (Lipinski definition) is 2. The zero-order chi connectivity index (χ0) is 18.7. The monoisotopic (exact) mass is 350 g/mol. The Balaban J connectivity index is 1.52. The highest BCUT2D eigenvalue weighted by atomic mass is 16.2. The SMILES string of the molecule is CC(=O)c1cccc(NC(=O)C2CC2C(=O)NCc2ccccc2C)c1. The molecule has 2 N–H and O–H groups in total. The van der Waals surface area contributed by atoms with Crippen LogP contribution in [0.4, 0.5) is 5.69 Å². The van der Waals surface area contributed by atoms with Crippen molar-refractivity contribution in [3.8, 4) is 0 Å². The molecule has 0 bridgehead atoms. The average Bonchev–Trinajstić information content (AvgIpc) is 3.42. The predicted octanol–water partition coefficient (Wildman–Crippen LogP) is 3.09. The van der Waals surface area contributed by atoms with Crippen molar-refractivity contribution in [2.45, 2.75) is 26.8 Å². The van der Waals surface area contributed by atoms with Crippen molar-refractivity contribution in [1.82, 2.24) is 5.32 Å². The van der Waals surface area contributed by atoms with E-state index >= 15 is 0 Å². The Labute approximate surface area is 152 Å². The van der Waals surface area contributed by atoms with E-state index in [4.69, 9.17) is 0 Å². The lowest BCUT2D eigenvalue weighted by Gasteiger charge is -2.08. The largest absolute Gasteiger partial charge is 0.352 e. The average molecular weight is 350 g/mol. The van der Waals surface area contributed by atoms with Gasteiger partial charge in [-0.2, -0.15) is 0 Å². The molecule has 0 aromatic heterocycles. The van der Waals surface area contributed by atoms with Crippen LogP contribution in [0.2, 0.25) is 0 Å². The number of nitrogens with one attached hydrogen (secondary N) is 2. The second-order valence-corrected chi connectivity index (χ2v) is 6.72. The van der Waals surface area contributed by atoms with Gasteiger partial charge < -0.3 is 10.6 Å².